The minimum Gasteiger partial charge on any atom is -0.393 e. The minimum absolute atomic E-state index is 0.0291. The molecule has 0 aromatic carbocycles. The van der Waals surface area contributed by atoms with Crippen LogP contribution in [0.15, 0.2) is 11.1 Å². The van der Waals surface area contributed by atoms with Crippen LogP contribution >= 0.6 is 12.2 Å². The zero-order valence-electron chi connectivity index (χ0n) is 15.8. The second-order valence-electron chi connectivity index (χ2n) is 6.12. The first-order valence-corrected chi connectivity index (χ1v) is 8.50. The molecule has 0 aromatic heterocycles. The molecule has 0 atom stereocenters. The maximum atomic E-state index is 13.6. The maximum absolute atomic E-state index is 13.6. The van der Waals surface area contributed by atoms with E-state index in [4.69, 9.17) is 18.0 Å². The molecule has 0 saturated heterocycles. The molecule has 0 amide bonds. The van der Waals surface area contributed by atoms with Crippen LogP contribution in [0, 0.1) is 0 Å². The molecule has 0 fully saturated rings. The van der Waals surface area contributed by atoms with Crippen LogP contribution in [0.25, 0.3) is 0 Å². The number of thiocarbonyl (C=S) groups is 1. The lowest BCUT2D eigenvalue weighted by Gasteiger charge is -2.38. The number of esters is 1. The van der Waals surface area contributed by atoms with Crippen LogP contribution in [0.1, 0.15) is 26.7 Å². The highest BCUT2D eigenvalue weighted by molar-refractivity contribution is 7.80. The molecule has 0 heterocycles. The number of alkyl halides is 13. The van der Waals surface area contributed by atoms with Crippen molar-refractivity contribution >= 4 is 23.1 Å². The Labute approximate surface area is 176 Å². The van der Waals surface area contributed by atoms with Crippen LogP contribution in [0.5, 0.6) is 0 Å². The zero-order valence-corrected chi connectivity index (χ0v) is 16.7. The monoisotopic (exact) mass is 519 g/mol. The van der Waals surface area contributed by atoms with Crippen LogP contribution in [-0.4, -0.2) is 53.4 Å². The third-order valence-electron chi connectivity index (χ3n) is 3.94. The van der Waals surface area contributed by atoms with Crippen molar-refractivity contribution in [1.82, 2.24) is 0 Å². The number of nitrogens with two attached hydrogens (primary N) is 1. The summed E-state index contributed by atoms with van der Waals surface area (Å²) in [7, 11) is 0. The quantitative estimate of drug-likeness (QED) is 0.175. The molecule has 32 heavy (non-hydrogen) atoms. The Balaban J connectivity index is 6.36. The molecule has 0 spiro atoms. The molecule has 17 heteroatoms. The van der Waals surface area contributed by atoms with E-state index in [-0.39, 0.29) is 29.8 Å². The van der Waals surface area contributed by atoms with Crippen molar-refractivity contribution < 1.29 is 66.6 Å². The largest absolute Gasteiger partial charge is 0.473 e. The third kappa shape index (κ3) is 4.97. The average Bonchev–Trinajstić information content (AvgIpc) is 2.62. The summed E-state index contributed by atoms with van der Waals surface area (Å²) in [6, 6.07) is 0. The first-order chi connectivity index (χ1) is 14.0. The Morgan fingerprint density at radius 1 is 0.812 bits per heavy atom. The van der Waals surface area contributed by atoms with Crippen molar-refractivity contribution in [3.05, 3.63) is 11.1 Å². The summed E-state index contributed by atoms with van der Waals surface area (Å²) in [5.74, 6) is -34.3. The van der Waals surface area contributed by atoms with E-state index in [0.717, 1.165) is 0 Å². The lowest BCUT2D eigenvalue weighted by molar-refractivity contribution is -0.460. The number of hydrogen-bond acceptors (Lipinski definition) is 4. The van der Waals surface area contributed by atoms with Gasteiger partial charge in [0.1, 0.15) is 0 Å². The summed E-state index contributed by atoms with van der Waals surface area (Å²) < 4.78 is 172. The van der Waals surface area contributed by atoms with Crippen LogP contribution in [0.4, 0.5) is 57.1 Å². The topological polar surface area (TPSA) is 52.3 Å². The lowest BCUT2D eigenvalue weighted by atomic mass is 9.97. The minimum atomic E-state index is -8.09. The van der Waals surface area contributed by atoms with Gasteiger partial charge in [-0.05, 0) is 31.9 Å². The zero-order chi connectivity index (χ0) is 26.1. The Hall–Kier alpha value is -1.65. The predicted molar refractivity (Wildman–Crippen MR) is 86.1 cm³/mol. The molecule has 0 aliphatic rings. The van der Waals surface area contributed by atoms with Gasteiger partial charge in [0, 0.05) is 10.4 Å². The highest BCUT2D eigenvalue weighted by Crippen LogP contribution is 2.60. The predicted octanol–water partition coefficient (Wildman–Crippen LogP) is 5.67. The maximum Gasteiger partial charge on any atom is 0.473 e. The Morgan fingerprint density at radius 3 is 1.56 bits per heavy atom. The van der Waals surface area contributed by atoms with Gasteiger partial charge in [-0.2, -0.15) is 57.1 Å². The molecule has 188 valence electrons. The van der Waals surface area contributed by atoms with Crippen molar-refractivity contribution in [1.29, 1.82) is 0 Å². The van der Waals surface area contributed by atoms with Crippen LogP contribution in [-0.2, 0) is 9.53 Å². The first-order valence-electron chi connectivity index (χ1n) is 8.10. The SMILES string of the molecule is CCC(=S)C(CCN)=C(C)C(=O)OC(F)(F)C(F)(F)C(F)(F)C(F)(F)C(F)(F)C(F)(F)F. The average molecular weight is 519 g/mol. The molecule has 0 aliphatic heterocycles. The van der Waals surface area contributed by atoms with E-state index in [1.54, 1.807) is 0 Å². The highest BCUT2D eigenvalue weighted by atomic mass is 32.1. The van der Waals surface area contributed by atoms with Crippen molar-refractivity contribution in [2.24, 2.45) is 5.73 Å². The third-order valence-corrected chi connectivity index (χ3v) is 4.47. The van der Waals surface area contributed by atoms with E-state index < -0.39 is 47.5 Å². The Bertz CT molecular complexity index is 759. The molecule has 0 unspecified atom stereocenters. The van der Waals surface area contributed by atoms with E-state index in [1.807, 2.05) is 0 Å². The first kappa shape index (κ1) is 30.3. The molecule has 2 N–H and O–H groups in total. The standard InChI is InChI=1S/C15H14F13NO2S/c1-3-8(32)7(4-5-29)6(2)9(30)31-15(27,28)13(22,23)11(18,19)10(16,17)12(20,21)14(24,25)26/h3-5,29H2,1-2H3. The molecular formula is C15H14F13NO2S. The second kappa shape index (κ2) is 9.30. The number of rotatable bonds is 10. The van der Waals surface area contributed by atoms with E-state index in [9.17, 15) is 61.9 Å². The molecule has 0 saturated carbocycles. The number of carbonyl (C=O) groups excluding carboxylic acids is 1. The van der Waals surface area contributed by atoms with E-state index in [2.05, 4.69) is 4.74 Å². The molecular weight excluding hydrogens is 505 g/mol. The van der Waals surface area contributed by atoms with Crippen LogP contribution in [0.3, 0.4) is 0 Å². The molecule has 3 nitrogen and oxygen atoms in total. The fourth-order valence-electron chi connectivity index (χ4n) is 2.03. The summed E-state index contributed by atoms with van der Waals surface area (Å²) in [5, 5.41) is 0. The molecule has 0 aliphatic carbocycles. The van der Waals surface area contributed by atoms with Crippen molar-refractivity contribution in [2.45, 2.75) is 62.7 Å². The number of ether oxygens (including phenoxy) is 1. The molecule has 0 bridgehead atoms. The van der Waals surface area contributed by atoms with Crippen molar-refractivity contribution in [3.8, 4) is 0 Å². The number of carbonyl (C=O) groups is 1. The van der Waals surface area contributed by atoms with Crippen molar-refractivity contribution in [3.63, 3.8) is 0 Å². The number of hydrogen-bond donors (Lipinski definition) is 1. The van der Waals surface area contributed by atoms with Gasteiger partial charge in [0.2, 0.25) is 0 Å². The summed E-state index contributed by atoms with van der Waals surface area (Å²) in [6.45, 7) is 1.74. The van der Waals surface area contributed by atoms with Gasteiger partial charge in [-0.1, -0.05) is 19.1 Å². The number of halogens is 13. The van der Waals surface area contributed by atoms with Crippen LogP contribution in [0.2, 0.25) is 0 Å². The van der Waals surface area contributed by atoms with Gasteiger partial charge in [-0.3, -0.25) is 0 Å². The van der Waals surface area contributed by atoms with Gasteiger partial charge in [0.05, 0.1) is 0 Å². The van der Waals surface area contributed by atoms with Crippen LogP contribution < -0.4 is 5.73 Å². The summed E-state index contributed by atoms with van der Waals surface area (Å²) in [4.78, 5) is 11.6. The van der Waals surface area contributed by atoms with Gasteiger partial charge in [0.25, 0.3) is 0 Å². The second-order valence-corrected chi connectivity index (χ2v) is 6.61. The van der Waals surface area contributed by atoms with E-state index in [0.29, 0.717) is 6.92 Å². The normalized spacial score (nSPS) is 15.4. The summed E-state index contributed by atoms with van der Waals surface area (Å²) >= 11 is 4.77. The molecule has 0 rings (SSSR count). The Kier molecular flexibility index (Phi) is 8.83. The fraction of sp³-hybridized carbons (Fsp3) is 0.733. The molecule has 0 aromatic rings. The van der Waals surface area contributed by atoms with Gasteiger partial charge in [-0.15, -0.1) is 0 Å². The summed E-state index contributed by atoms with van der Waals surface area (Å²) in [5.41, 5.74) is 3.86. The van der Waals surface area contributed by atoms with E-state index >= 15 is 0 Å². The molecule has 0 radical (unpaired) electrons. The smallest absolute Gasteiger partial charge is 0.393 e. The fourth-order valence-corrected chi connectivity index (χ4v) is 2.28. The summed E-state index contributed by atoms with van der Waals surface area (Å²) in [6.07, 6.45) is -14.9. The van der Waals surface area contributed by atoms with Crippen molar-refractivity contribution in [2.75, 3.05) is 6.54 Å². The van der Waals surface area contributed by atoms with Gasteiger partial charge in [-0.25, -0.2) is 4.79 Å². The lowest BCUT2D eigenvalue weighted by Crippen LogP contribution is -2.70. The van der Waals surface area contributed by atoms with Gasteiger partial charge >= 0.3 is 41.9 Å². The highest BCUT2D eigenvalue weighted by Gasteiger charge is 2.92. The van der Waals surface area contributed by atoms with Gasteiger partial charge in [0.15, 0.2) is 0 Å². The van der Waals surface area contributed by atoms with E-state index in [1.165, 1.54) is 6.92 Å². The van der Waals surface area contributed by atoms with Gasteiger partial charge < -0.3 is 10.5 Å². The Morgan fingerprint density at radius 2 is 1.22 bits per heavy atom.